The first kappa shape index (κ1) is 18.5. The summed E-state index contributed by atoms with van der Waals surface area (Å²) in [6, 6.07) is 15.0. The van der Waals surface area contributed by atoms with Gasteiger partial charge in [0.25, 0.3) is 5.91 Å². The lowest BCUT2D eigenvalue weighted by Crippen LogP contribution is -2.31. The maximum absolute atomic E-state index is 12.0. The Bertz CT molecular complexity index is 728. The number of nitrogens with one attached hydrogen (secondary N) is 1. The molecule has 5 heteroatoms. The zero-order valence-electron chi connectivity index (χ0n) is 14.7. The molecule has 0 spiro atoms. The first-order valence-electron chi connectivity index (χ1n) is 8.13. The Morgan fingerprint density at radius 1 is 1.12 bits per heavy atom. The second kappa shape index (κ2) is 8.87. The maximum Gasteiger partial charge on any atom is 0.310 e. The van der Waals surface area contributed by atoms with Crippen LogP contribution in [-0.2, 0) is 20.7 Å². The van der Waals surface area contributed by atoms with Crippen molar-refractivity contribution < 1.29 is 19.1 Å². The highest BCUT2D eigenvalue weighted by atomic mass is 16.5. The van der Waals surface area contributed by atoms with Crippen molar-refractivity contribution in [3.05, 3.63) is 65.2 Å². The molecule has 2 aromatic carbocycles. The molecule has 132 valence electrons. The summed E-state index contributed by atoms with van der Waals surface area (Å²) >= 11 is 0. The van der Waals surface area contributed by atoms with E-state index in [1.807, 2.05) is 62.4 Å². The predicted molar refractivity (Wildman–Crippen MR) is 95.4 cm³/mol. The highest BCUT2D eigenvalue weighted by Crippen LogP contribution is 2.20. The fourth-order valence-electron chi connectivity index (χ4n) is 2.51. The Morgan fingerprint density at radius 3 is 2.52 bits per heavy atom. The molecule has 1 amide bonds. The second-order valence-corrected chi connectivity index (χ2v) is 5.85. The van der Waals surface area contributed by atoms with Gasteiger partial charge >= 0.3 is 5.97 Å². The van der Waals surface area contributed by atoms with Crippen LogP contribution in [0.5, 0.6) is 5.75 Å². The Labute approximate surface area is 148 Å². The number of hydrogen-bond donors (Lipinski definition) is 1. The van der Waals surface area contributed by atoms with Crippen molar-refractivity contribution in [3.63, 3.8) is 0 Å². The van der Waals surface area contributed by atoms with Gasteiger partial charge in [-0.25, -0.2) is 0 Å². The first-order valence-corrected chi connectivity index (χ1v) is 8.13. The zero-order valence-corrected chi connectivity index (χ0v) is 14.7. The van der Waals surface area contributed by atoms with Gasteiger partial charge in [-0.05, 0) is 25.5 Å². The third-order valence-electron chi connectivity index (χ3n) is 3.81. The van der Waals surface area contributed by atoms with Crippen LogP contribution in [0, 0.1) is 6.92 Å². The maximum atomic E-state index is 12.0. The predicted octanol–water partition coefficient (Wildman–Crippen LogP) is 2.97. The molecular formula is C20H23NO4. The molecule has 1 N–H and O–H groups in total. The molecule has 0 aliphatic rings. The fourth-order valence-corrected chi connectivity index (χ4v) is 2.51. The molecule has 0 unspecified atom stereocenters. The molecule has 2 rings (SSSR count). The molecule has 0 aliphatic heterocycles. The standard InChI is InChI=1S/C20H23NO4/c1-14-9-10-18(24-3)17(11-14)12-20(23)25-13-19(22)21-15(2)16-7-5-4-6-8-16/h4-11,15H,12-13H2,1-3H3,(H,21,22)/t15-/m1/s1. The average molecular weight is 341 g/mol. The van der Waals surface area contributed by atoms with Crippen molar-refractivity contribution >= 4 is 11.9 Å². The summed E-state index contributed by atoms with van der Waals surface area (Å²) in [6.45, 7) is 3.52. The molecule has 0 bridgehead atoms. The monoisotopic (exact) mass is 341 g/mol. The van der Waals surface area contributed by atoms with Crippen LogP contribution in [0.2, 0.25) is 0 Å². The van der Waals surface area contributed by atoms with E-state index in [4.69, 9.17) is 9.47 Å². The van der Waals surface area contributed by atoms with Crippen LogP contribution in [0.15, 0.2) is 48.5 Å². The lowest BCUT2D eigenvalue weighted by Gasteiger charge is -2.14. The molecule has 0 fully saturated rings. The van der Waals surface area contributed by atoms with Gasteiger partial charge in [0.05, 0.1) is 19.6 Å². The van der Waals surface area contributed by atoms with E-state index >= 15 is 0 Å². The topological polar surface area (TPSA) is 64.6 Å². The smallest absolute Gasteiger partial charge is 0.310 e. The summed E-state index contributed by atoms with van der Waals surface area (Å²) in [5.74, 6) is -0.169. The van der Waals surface area contributed by atoms with Crippen LogP contribution in [0.4, 0.5) is 0 Å². The van der Waals surface area contributed by atoms with Gasteiger partial charge in [0.1, 0.15) is 5.75 Å². The molecule has 2 aromatic rings. The van der Waals surface area contributed by atoms with E-state index in [9.17, 15) is 9.59 Å². The quantitative estimate of drug-likeness (QED) is 0.787. The minimum absolute atomic E-state index is 0.0619. The number of rotatable bonds is 7. The molecule has 0 saturated carbocycles. The third kappa shape index (κ3) is 5.64. The van der Waals surface area contributed by atoms with Crippen molar-refractivity contribution in [2.75, 3.05) is 13.7 Å². The zero-order chi connectivity index (χ0) is 18.2. The van der Waals surface area contributed by atoms with Crippen LogP contribution in [0.25, 0.3) is 0 Å². The number of hydrogen-bond acceptors (Lipinski definition) is 4. The number of esters is 1. The number of carbonyl (C=O) groups is 2. The van der Waals surface area contributed by atoms with E-state index in [1.54, 1.807) is 7.11 Å². The van der Waals surface area contributed by atoms with E-state index in [0.717, 1.165) is 16.7 Å². The third-order valence-corrected chi connectivity index (χ3v) is 3.81. The van der Waals surface area contributed by atoms with E-state index < -0.39 is 5.97 Å². The van der Waals surface area contributed by atoms with Gasteiger partial charge in [-0.15, -0.1) is 0 Å². The molecule has 0 heterocycles. The summed E-state index contributed by atoms with van der Waals surface area (Å²) in [6.07, 6.45) is 0.0619. The molecule has 0 aliphatic carbocycles. The number of aryl methyl sites for hydroxylation is 1. The summed E-state index contributed by atoms with van der Waals surface area (Å²) < 4.78 is 10.3. The van der Waals surface area contributed by atoms with Crippen molar-refractivity contribution in [1.82, 2.24) is 5.32 Å². The van der Waals surface area contributed by atoms with Gasteiger partial charge < -0.3 is 14.8 Å². The van der Waals surface area contributed by atoms with Gasteiger partial charge in [-0.3, -0.25) is 9.59 Å². The molecular weight excluding hydrogens is 318 g/mol. The van der Waals surface area contributed by atoms with Crippen LogP contribution in [-0.4, -0.2) is 25.6 Å². The van der Waals surface area contributed by atoms with Crippen LogP contribution >= 0.6 is 0 Å². The van der Waals surface area contributed by atoms with Gasteiger partial charge in [-0.2, -0.15) is 0 Å². The van der Waals surface area contributed by atoms with Gasteiger partial charge in [0.15, 0.2) is 6.61 Å². The first-order chi connectivity index (χ1) is 12.0. The summed E-state index contributed by atoms with van der Waals surface area (Å²) in [5, 5.41) is 2.81. The lowest BCUT2D eigenvalue weighted by atomic mass is 10.1. The Morgan fingerprint density at radius 2 is 1.84 bits per heavy atom. The molecule has 25 heavy (non-hydrogen) atoms. The number of methoxy groups -OCH3 is 1. The molecule has 0 radical (unpaired) electrons. The van der Waals surface area contributed by atoms with Gasteiger partial charge in [-0.1, -0.05) is 48.0 Å². The molecule has 0 saturated heterocycles. The van der Waals surface area contributed by atoms with Crippen LogP contribution in [0.3, 0.4) is 0 Å². The Hall–Kier alpha value is -2.82. The van der Waals surface area contributed by atoms with E-state index in [1.165, 1.54) is 0 Å². The lowest BCUT2D eigenvalue weighted by molar-refractivity contribution is -0.148. The van der Waals surface area contributed by atoms with Crippen molar-refractivity contribution in [2.45, 2.75) is 26.3 Å². The van der Waals surface area contributed by atoms with E-state index in [2.05, 4.69) is 5.32 Å². The van der Waals surface area contributed by atoms with Gasteiger partial charge in [0.2, 0.25) is 0 Å². The number of amides is 1. The highest BCUT2D eigenvalue weighted by molar-refractivity contribution is 5.81. The second-order valence-electron chi connectivity index (χ2n) is 5.85. The largest absolute Gasteiger partial charge is 0.496 e. The molecule has 1 atom stereocenters. The minimum atomic E-state index is -0.466. The summed E-state index contributed by atoms with van der Waals surface area (Å²) in [4.78, 5) is 23.9. The summed E-state index contributed by atoms with van der Waals surface area (Å²) in [7, 11) is 1.55. The highest BCUT2D eigenvalue weighted by Gasteiger charge is 2.14. The number of ether oxygens (including phenoxy) is 2. The normalized spacial score (nSPS) is 11.5. The summed E-state index contributed by atoms with van der Waals surface area (Å²) in [5.41, 5.74) is 2.76. The Kier molecular flexibility index (Phi) is 6.57. The van der Waals surface area contributed by atoms with Crippen molar-refractivity contribution in [2.24, 2.45) is 0 Å². The SMILES string of the molecule is COc1ccc(C)cc1CC(=O)OCC(=O)N[C@H](C)c1ccccc1. The van der Waals surface area contributed by atoms with Crippen LogP contribution < -0.4 is 10.1 Å². The van der Waals surface area contributed by atoms with E-state index in [0.29, 0.717) is 5.75 Å². The fraction of sp³-hybridized carbons (Fsp3) is 0.300. The van der Waals surface area contributed by atoms with Crippen molar-refractivity contribution in [1.29, 1.82) is 0 Å². The minimum Gasteiger partial charge on any atom is -0.496 e. The van der Waals surface area contributed by atoms with Crippen LogP contribution in [0.1, 0.15) is 29.7 Å². The Balaban J connectivity index is 1.83. The van der Waals surface area contributed by atoms with Gasteiger partial charge in [0, 0.05) is 5.56 Å². The average Bonchev–Trinajstić information content (AvgIpc) is 2.61. The van der Waals surface area contributed by atoms with E-state index in [-0.39, 0.29) is 25.0 Å². The van der Waals surface area contributed by atoms with Crippen molar-refractivity contribution in [3.8, 4) is 5.75 Å². The number of carbonyl (C=O) groups excluding carboxylic acids is 2. The molecule has 0 aromatic heterocycles. The number of benzene rings is 2. The molecule has 5 nitrogen and oxygen atoms in total.